The highest BCUT2D eigenvalue weighted by Gasteiger charge is 2.31. The van der Waals surface area contributed by atoms with Gasteiger partial charge in [0.2, 0.25) is 0 Å². The normalized spacial score (nSPS) is 14.1. The lowest BCUT2D eigenvalue weighted by atomic mass is 10.2. The third kappa shape index (κ3) is 2.43. The maximum Gasteiger partial charge on any atom is 0.365 e. The number of nitrogens with zero attached hydrogens (tertiary/aromatic N) is 1. The van der Waals surface area contributed by atoms with E-state index in [1.165, 1.54) is 7.11 Å². The van der Waals surface area contributed by atoms with Gasteiger partial charge in [-0.15, -0.1) is 0 Å². The quantitative estimate of drug-likeness (QED) is 0.687. The summed E-state index contributed by atoms with van der Waals surface area (Å²) in [7, 11) is 1.53. The number of nitrogens with one attached hydrogen (secondary N) is 1. The molecule has 6 heteroatoms. The molecule has 0 saturated heterocycles. The Hall–Kier alpha value is -1.82. The van der Waals surface area contributed by atoms with Gasteiger partial charge in [0.05, 0.1) is 17.3 Å². The van der Waals surface area contributed by atoms with Crippen LogP contribution in [0.3, 0.4) is 0 Å². The summed E-state index contributed by atoms with van der Waals surface area (Å²) in [4.78, 5) is 12.2. The topological polar surface area (TPSA) is 64.2 Å². The SMILES string of the molecule is COc1ccccc1OC(=O)c1n[nH]c(C2CC2)c1Br. The van der Waals surface area contributed by atoms with Crippen LogP contribution in [0.15, 0.2) is 28.7 Å². The summed E-state index contributed by atoms with van der Waals surface area (Å²) in [5, 5.41) is 6.94. The zero-order chi connectivity index (χ0) is 14.1. The number of aromatic nitrogens is 2. The Kier molecular flexibility index (Phi) is 3.48. The number of hydrogen-bond donors (Lipinski definition) is 1. The van der Waals surface area contributed by atoms with Gasteiger partial charge >= 0.3 is 5.97 Å². The van der Waals surface area contributed by atoms with Crippen molar-refractivity contribution < 1.29 is 14.3 Å². The summed E-state index contributed by atoms with van der Waals surface area (Å²) in [5.74, 6) is 0.854. The number of aromatic amines is 1. The Morgan fingerprint density at radius 3 is 2.70 bits per heavy atom. The highest BCUT2D eigenvalue weighted by atomic mass is 79.9. The van der Waals surface area contributed by atoms with E-state index in [-0.39, 0.29) is 5.69 Å². The van der Waals surface area contributed by atoms with Crippen LogP contribution in [-0.2, 0) is 0 Å². The van der Waals surface area contributed by atoms with Gasteiger partial charge in [0.15, 0.2) is 17.2 Å². The van der Waals surface area contributed by atoms with Crippen molar-refractivity contribution in [1.82, 2.24) is 10.2 Å². The Morgan fingerprint density at radius 1 is 1.35 bits per heavy atom. The molecule has 1 aromatic carbocycles. The van der Waals surface area contributed by atoms with Crippen molar-refractivity contribution in [1.29, 1.82) is 0 Å². The monoisotopic (exact) mass is 336 g/mol. The molecule has 0 atom stereocenters. The fourth-order valence-corrected chi connectivity index (χ4v) is 2.63. The maximum atomic E-state index is 12.2. The molecule has 104 valence electrons. The zero-order valence-corrected chi connectivity index (χ0v) is 12.4. The third-order valence-electron chi connectivity index (χ3n) is 3.18. The van der Waals surface area contributed by atoms with Crippen LogP contribution in [0, 0.1) is 0 Å². The molecule has 1 heterocycles. The molecule has 0 unspecified atom stereocenters. The van der Waals surface area contributed by atoms with Crippen LogP contribution < -0.4 is 9.47 Å². The second-order valence-electron chi connectivity index (χ2n) is 4.61. The van der Waals surface area contributed by atoms with E-state index in [2.05, 4.69) is 26.1 Å². The standard InChI is InChI=1S/C14H13BrN2O3/c1-19-9-4-2-3-5-10(9)20-14(18)13-11(15)12(16-17-13)8-6-7-8/h2-5,8H,6-7H2,1H3,(H,16,17). The van der Waals surface area contributed by atoms with Crippen molar-refractivity contribution in [3.05, 3.63) is 40.1 Å². The molecular formula is C14H13BrN2O3. The first-order valence-corrected chi connectivity index (χ1v) is 7.09. The number of benzene rings is 1. The zero-order valence-electron chi connectivity index (χ0n) is 10.9. The van der Waals surface area contributed by atoms with Crippen molar-refractivity contribution in [2.75, 3.05) is 7.11 Å². The number of ether oxygens (including phenoxy) is 2. The van der Waals surface area contributed by atoms with E-state index >= 15 is 0 Å². The minimum absolute atomic E-state index is 0.262. The molecule has 20 heavy (non-hydrogen) atoms. The number of carbonyl (C=O) groups is 1. The molecule has 0 bridgehead atoms. The second-order valence-corrected chi connectivity index (χ2v) is 5.41. The summed E-state index contributed by atoms with van der Waals surface area (Å²) in [5.41, 5.74) is 1.23. The maximum absolute atomic E-state index is 12.2. The summed E-state index contributed by atoms with van der Waals surface area (Å²) in [6.45, 7) is 0. The first-order valence-electron chi connectivity index (χ1n) is 6.29. The molecule has 1 saturated carbocycles. The molecule has 1 aromatic heterocycles. The van der Waals surface area contributed by atoms with Crippen LogP contribution in [0.5, 0.6) is 11.5 Å². The molecule has 3 rings (SSSR count). The second kappa shape index (κ2) is 5.28. The van der Waals surface area contributed by atoms with E-state index < -0.39 is 5.97 Å². The van der Waals surface area contributed by atoms with Gasteiger partial charge in [-0.05, 0) is 40.9 Å². The number of para-hydroxylation sites is 2. The van der Waals surface area contributed by atoms with E-state index in [0.717, 1.165) is 18.5 Å². The highest BCUT2D eigenvalue weighted by Crippen LogP contribution is 2.43. The predicted octanol–water partition coefficient (Wildman–Crippen LogP) is 3.28. The highest BCUT2D eigenvalue weighted by molar-refractivity contribution is 9.10. The van der Waals surface area contributed by atoms with Crippen molar-refractivity contribution >= 4 is 21.9 Å². The number of hydrogen-bond acceptors (Lipinski definition) is 4. The molecule has 0 radical (unpaired) electrons. The van der Waals surface area contributed by atoms with Crippen molar-refractivity contribution in [2.24, 2.45) is 0 Å². The van der Waals surface area contributed by atoms with E-state index in [4.69, 9.17) is 9.47 Å². The molecule has 1 N–H and O–H groups in total. The number of methoxy groups -OCH3 is 1. The Balaban J connectivity index is 1.82. The van der Waals surface area contributed by atoms with Crippen molar-refractivity contribution in [3.63, 3.8) is 0 Å². The van der Waals surface area contributed by atoms with E-state index in [0.29, 0.717) is 21.9 Å². The Bertz CT molecular complexity index is 650. The number of carbonyl (C=O) groups excluding carboxylic acids is 1. The van der Waals surface area contributed by atoms with Gasteiger partial charge in [-0.25, -0.2) is 4.79 Å². The summed E-state index contributed by atoms with van der Waals surface area (Å²) < 4.78 is 11.2. The number of rotatable bonds is 4. The van der Waals surface area contributed by atoms with Crippen LogP contribution in [0.4, 0.5) is 0 Å². The van der Waals surface area contributed by atoms with Gasteiger partial charge < -0.3 is 9.47 Å². The van der Waals surface area contributed by atoms with E-state index in [9.17, 15) is 4.79 Å². The predicted molar refractivity (Wildman–Crippen MR) is 76.2 cm³/mol. The molecule has 0 amide bonds. The Labute approximate surface area is 124 Å². The van der Waals surface area contributed by atoms with Crippen molar-refractivity contribution in [2.45, 2.75) is 18.8 Å². The van der Waals surface area contributed by atoms with Gasteiger partial charge in [0, 0.05) is 5.92 Å². The molecule has 1 aliphatic rings. The van der Waals surface area contributed by atoms with Gasteiger partial charge in [-0.2, -0.15) is 5.10 Å². The molecule has 0 spiro atoms. The minimum Gasteiger partial charge on any atom is -0.493 e. The smallest absolute Gasteiger partial charge is 0.365 e. The van der Waals surface area contributed by atoms with Crippen LogP contribution in [0.2, 0.25) is 0 Å². The van der Waals surface area contributed by atoms with Crippen LogP contribution in [0.25, 0.3) is 0 Å². The van der Waals surface area contributed by atoms with Crippen LogP contribution in [-0.4, -0.2) is 23.3 Å². The summed E-state index contributed by atoms with van der Waals surface area (Å²) in [6.07, 6.45) is 2.25. The lowest BCUT2D eigenvalue weighted by molar-refractivity contribution is 0.0722. The average molecular weight is 337 g/mol. The fourth-order valence-electron chi connectivity index (χ4n) is 1.97. The molecular weight excluding hydrogens is 324 g/mol. The minimum atomic E-state index is -0.510. The molecule has 1 aliphatic carbocycles. The lowest BCUT2D eigenvalue weighted by Gasteiger charge is -2.07. The molecule has 5 nitrogen and oxygen atoms in total. The summed E-state index contributed by atoms with van der Waals surface area (Å²) in [6, 6.07) is 7.00. The largest absolute Gasteiger partial charge is 0.493 e. The van der Waals surface area contributed by atoms with Gasteiger partial charge in [0.1, 0.15) is 0 Å². The lowest BCUT2D eigenvalue weighted by Crippen LogP contribution is -2.10. The Morgan fingerprint density at radius 2 is 2.05 bits per heavy atom. The number of H-pyrrole nitrogens is 1. The fraction of sp³-hybridized carbons (Fsp3) is 0.286. The van der Waals surface area contributed by atoms with Crippen LogP contribution >= 0.6 is 15.9 Å². The van der Waals surface area contributed by atoms with Gasteiger partial charge in [-0.1, -0.05) is 12.1 Å². The van der Waals surface area contributed by atoms with Crippen LogP contribution in [0.1, 0.15) is 34.9 Å². The first-order chi connectivity index (χ1) is 9.70. The first kappa shape index (κ1) is 13.2. The number of esters is 1. The summed E-state index contributed by atoms with van der Waals surface area (Å²) >= 11 is 3.42. The number of halogens is 1. The molecule has 1 fully saturated rings. The van der Waals surface area contributed by atoms with E-state index in [1.807, 2.05) is 6.07 Å². The van der Waals surface area contributed by atoms with Gasteiger partial charge in [-0.3, -0.25) is 5.10 Å². The third-order valence-corrected chi connectivity index (χ3v) is 3.99. The van der Waals surface area contributed by atoms with Gasteiger partial charge in [0.25, 0.3) is 0 Å². The van der Waals surface area contributed by atoms with Crippen molar-refractivity contribution in [3.8, 4) is 11.5 Å². The molecule has 2 aromatic rings. The van der Waals surface area contributed by atoms with E-state index in [1.54, 1.807) is 18.2 Å². The average Bonchev–Trinajstić information content (AvgIpc) is 3.22. The molecule has 0 aliphatic heterocycles.